The monoisotopic (exact) mass is 250 g/mol. The summed E-state index contributed by atoms with van der Waals surface area (Å²) in [5.41, 5.74) is -0.480. The third-order valence-electron chi connectivity index (χ3n) is 2.64. The Hall–Kier alpha value is -0.170. The van der Waals surface area contributed by atoms with E-state index in [9.17, 15) is 8.42 Å². The van der Waals surface area contributed by atoms with E-state index in [1.807, 2.05) is 27.7 Å². The third kappa shape index (κ3) is 3.16. The largest absolute Gasteiger partial charge is 0.375 e. The molecule has 1 aliphatic heterocycles. The first-order valence-electron chi connectivity index (χ1n) is 5.68. The summed E-state index contributed by atoms with van der Waals surface area (Å²) in [5, 5.41) is 0. The fourth-order valence-electron chi connectivity index (χ4n) is 1.68. The van der Waals surface area contributed by atoms with Crippen LogP contribution < -0.4 is 4.72 Å². The van der Waals surface area contributed by atoms with Crippen molar-refractivity contribution in [2.45, 2.75) is 45.8 Å². The van der Waals surface area contributed by atoms with Crippen molar-refractivity contribution in [2.75, 3.05) is 19.7 Å². The molecule has 6 heteroatoms. The van der Waals surface area contributed by atoms with Crippen molar-refractivity contribution in [3.8, 4) is 0 Å². The van der Waals surface area contributed by atoms with E-state index >= 15 is 0 Å². The molecule has 0 aromatic heterocycles. The molecule has 5 nitrogen and oxygen atoms in total. The zero-order valence-corrected chi connectivity index (χ0v) is 11.3. The molecule has 1 aliphatic rings. The maximum atomic E-state index is 12.1. The van der Waals surface area contributed by atoms with Crippen LogP contribution in [0, 0.1) is 0 Å². The molecule has 0 amide bonds. The second-order valence-electron chi connectivity index (χ2n) is 4.86. The van der Waals surface area contributed by atoms with Gasteiger partial charge in [0.25, 0.3) is 10.2 Å². The van der Waals surface area contributed by atoms with Gasteiger partial charge in [-0.25, -0.2) is 4.72 Å². The van der Waals surface area contributed by atoms with Gasteiger partial charge < -0.3 is 4.74 Å². The number of nitrogens with one attached hydrogen (secondary N) is 1. The summed E-state index contributed by atoms with van der Waals surface area (Å²) in [7, 11) is -3.38. The minimum absolute atomic E-state index is 0.0498. The summed E-state index contributed by atoms with van der Waals surface area (Å²) in [6.45, 7) is 8.90. The second kappa shape index (κ2) is 5.00. The first-order chi connectivity index (χ1) is 7.29. The van der Waals surface area contributed by atoms with Crippen molar-refractivity contribution in [1.29, 1.82) is 0 Å². The van der Waals surface area contributed by atoms with Crippen LogP contribution in [-0.2, 0) is 14.9 Å². The van der Waals surface area contributed by atoms with Gasteiger partial charge in [-0.1, -0.05) is 6.92 Å². The van der Waals surface area contributed by atoms with Gasteiger partial charge in [0.15, 0.2) is 0 Å². The zero-order valence-electron chi connectivity index (χ0n) is 10.5. The van der Waals surface area contributed by atoms with Gasteiger partial charge in [0.2, 0.25) is 0 Å². The average molecular weight is 250 g/mol. The topological polar surface area (TPSA) is 58.6 Å². The van der Waals surface area contributed by atoms with Crippen molar-refractivity contribution in [1.82, 2.24) is 9.03 Å². The van der Waals surface area contributed by atoms with E-state index in [4.69, 9.17) is 4.74 Å². The second-order valence-corrected chi connectivity index (χ2v) is 6.54. The molecule has 1 saturated heterocycles. The number of hydrogen-bond donors (Lipinski definition) is 1. The highest BCUT2D eigenvalue weighted by Gasteiger charge is 2.40. The van der Waals surface area contributed by atoms with Crippen LogP contribution in [0.4, 0.5) is 0 Å². The molecule has 0 bridgehead atoms. The van der Waals surface area contributed by atoms with E-state index in [1.165, 1.54) is 4.31 Å². The highest BCUT2D eigenvalue weighted by Crippen LogP contribution is 2.24. The van der Waals surface area contributed by atoms with Gasteiger partial charge in [0.1, 0.15) is 0 Å². The Morgan fingerprint density at radius 1 is 1.50 bits per heavy atom. The molecule has 0 aromatic rings. The van der Waals surface area contributed by atoms with Crippen molar-refractivity contribution >= 4 is 10.2 Å². The Balaban J connectivity index is 2.82. The quantitative estimate of drug-likeness (QED) is 0.800. The predicted molar refractivity (Wildman–Crippen MR) is 63.4 cm³/mol. The minimum Gasteiger partial charge on any atom is -0.375 e. The van der Waals surface area contributed by atoms with Crippen LogP contribution in [0.3, 0.4) is 0 Å². The maximum Gasteiger partial charge on any atom is 0.280 e. The number of morpholine rings is 1. The lowest BCUT2D eigenvalue weighted by Crippen LogP contribution is -2.60. The Kier molecular flexibility index (Phi) is 4.34. The van der Waals surface area contributed by atoms with Crippen LogP contribution in [0.15, 0.2) is 0 Å². The lowest BCUT2D eigenvalue weighted by Gasteiger charge is -2.43. The van der Waals surface area contributed by atoms with E-state index in [1.54, 1.807) is 0 Å². The van der Waals surface area contributed by atoms with Gasteiger partial charge in [0.05, 0.1) is 18.2 Å². The lowest BCUT2D eigenvalue weighted by atomic mass is 10.1. The number of nitrogens with zero attached hydrogens (tertiary/aromatic N) is 1. The summed E-state index contributed by atoms with van der Waals surface area (Å²) < 4.78 is 33.7. The molecule has 0 spiro atoms. The highest BCUT2D eigenvalue weighted by molar-refractivity contribution is 7.87. The number of ether oxygens (including phenoxy) is 1. The van der Waals surface area contributed by atoms with Crippen LogP contribution in [-0.4, -0.2) is 44.1 Å². The highest BCUT2D eigenvalue weighted by atomic mass is 32.2. The molecule has 1 heterocycles. The van der Waals surface area contributed by atoms with E-state index in [2.05, 4.69) is 4.72 Å². The SMILES string of the molecule is CCCNS(=O)(=O)N1CC(C)OCC1(C)C. The van der Waals surface area contributed by atoms with Gasteiger partial charge in [0, 0.05) is 13.1 Å². The summed E-state index contributed by atoms with van der Waals surface area (Å²) in [5.74, 6) is 0. The molecule has 16 heavy (non-hydrogen) atoms. The predicted octanol–water partition coefficient (Wildman–Crippen LogP) is 0.730. The van der Waals surface area contributed by atoms with Crippen molar-refractivity contribution < 1.29 is 13.2 Å². The van der Waals surface area contributed by atoms with Crippen LogP contribution in [0.1, 0.15) is 34.1 Å². The molecule has 0 aliphatic carbocycles. The van der Waals surface area contributed by atoms with Gasteiger partial charge >= 0.3 is 0 Å². The fourth-order valence-corrected chi connectivity index (χ4v) is 3.41. The van der Waals surface area contributed by atoms with E-state index in [-0.39, 0.29) is 6.10 Å². The molecule has 1 unspecified atom stereocenters. The molecule has 1 N–H and O–H groups in total. The third-order valence-corrected chi connectivity index (χ3v) is 4.44. The summed E-state index contributed by atoms with van der Waals surface area (Å²) >= 11 is 0. The zero-order chi connectivity index (χ0) is 12.4. The molecule has 0 radical (unpaired) electrons. The molecule has 1 rings (SSSR count). The molecular formula is C10H22N2O3S. The summed E-state index contributed by atoms with van der Waals surface area (Å²) in [6, 6.07) is 0. The smallest absolute Gasteiger partial charge is 0.280 e. The Morgan fingerprint density at radius 2 is 2.12 bits per heavy atom. The lowest BCUT2D eigenvalue weighted by molar-refractivity contribution is -0.0555. The van der Waals surface area contributed by atoms with Gasteiger partial charge in [-0.2, -0.15) is 12.7 Å². The van der Waals surface area contributed by atoms with E-state index in [0.717, 1.165) is 6.42 Å². The first kappa shape index (κ1) is 13.9. The van der Waals surface area contributed by atoms with Crippen LogP contribution >= 0.6 is 0 Å². The Morgan fingerprint density at radius 3 is 2.69 bits per heavy atom. The fraction of sp³-hybridized carbons (Fsp3) is 1.00. The molecule has 0 aromatic carbocycles. The molecule has 96 valence electrons. The minimum atomic E-state index is -3.38. The standard InChI is InChI=1S/C10H22N2O3S/c1-5-6-11-16(13,14)12-7-9(2)15-8-10(12,3)4/h9,11H,5-8H2,1-4H3. The van der Waals surface area contributed by atoms with Gasteiger partial charge in [-0.15, -0.1) is 0 Å². The Labute approximate surface area is 98.3 Å². The van der Waals surface area contributed by atoms with Gasteiger partial charge in [-0.05, 0) is 27.2 Å². The molecule has 1 fully saturated rings. The van der Waals surface area contributed by atoms with Crippen LogP contribution in [0.25, 0.3) is 0 Å². The normalized spacial score (nSPS) is 26.9. The van der Waals surface area contributed by atoms with Crippen molar-refractivity contribution in [3.05, 3.63) is 0 Å². The van der Waals surface area contributed by atoms with Crippen LogP contribution in [0.5, 0.6) is 0 Å². The summed E-state index contributed by atoms with van der Waals surface area (Å²) in [4.78, 5) is 0. The van der Waals surface area contributed by atoms with E-state index in [0.29, 0.717) is 19.7 Å². The number of rotatable bonds is 4. The van der Waals surface area contributed by atoms with Crippen molar-refractivity contribution in [3.63, 3.8) is 0 Å². The van der Waals surface area contributed by atoms with Crippen molar-refractivity contribution in [2.24, 2.45) is 0 Å². The number of hydrogen-bond acceptors (Lipinski definition) is 3. The summed E-state index contributed by atoms with van der Waals surface area (Å²) in [6.07, 6.45) is 0.741. The van der Waals surface area contributed by atoms with E-state index < -0.39 is 15.7 Å². The average Bonchev–Trinajstić information content (AvgIpc) is 2.19. The molecular weight excluding hydrogens is 228 g/mol. The molecule has 1 atom stereocenters. The van der Waals surface area contributed by atoms with Crippen LogP contribution in [0.2, 0.25) is 0 Å². The van der Waals surface area contributed by atoms with Gasteiger partial charge in [-0.3, -0.25) is 0 Å². The Bertz CT molecular complexity index is 327. The first-order valence-corrected chi connectivity index (χ1v) is 7.12. The molecule has 0 saturated carbocycles. The maximum absolute atomic E-state index is 12.1.